The van der Waals surface area contributed by atoms with E-state index in [4.69, 9.17) is 4.52 Å². The molecule has 8 heteroatoms. The second-order valence-electron chi connectivity index (χ2n) is 6.40. The highest BCUT2D eigenvalue weighted by atomic mass is 79.9. The smallest absolute Gasteiger partial charge is 0.253 e. The molecule has 0 unspecified atom stereocenters. The van der Waals surface area contributed by atoms with E-state index in [0.717, 1.165) is 23.0 Å². The third kappa shape index (κ3) is 3.41. The Bertz CT molecular complexity index is 910. The first-order valence-electron chi connectivity index (χ1n) is 8.50. The number of aromatic nitrogens is 4. The third-order valence-corrected chi connectivity index (χ3v) is 5.01. The molecule has 7 nitrogen and oxygen atoms in total. The Morgan fingerprint density at radius 3 is 2.54 bits per heavy atom. The van der Waals surface area contributed by atoms with Gasteiger partial charge in [-0.25, -0.2) is 4.68 Å². The van der Waals surface area contributed by atoms with Gasteiger partial charge in [0.25, 0.3) is 5.91 Å². The molecule has 1 aromatic carbocycles. The molecule has 3 aromatic rings. The van der Waals surface area contributed by atoms with Crippen molar-refractivity contribution in [3.8, 4) is 5.69 Å². The van der Waals surface area contributed by atoms with Crippen LogP contribution in [0.5, 0.6) is 0 Å². The number of carbonyl (C=O) groups is 1. The van der Waals surface area contributed by atoms with Gasteiger partial charge in [-0.2, -0.15) is 10.1 Å². The van der Waals surface area contributed by atoms with E-state index < -0.39 is 0 Å². The molecule has 2 aromatic heterocycles. The lowest BCUT2D eigenvalue weighted by molar-refractivity contribution is 0.0704. The van der Waals surface area contributed by atoms with Gasteiger partial charge < -0.3 is 9.42 Å². The molecule has 1 aliphatic heterocycles. The van der Waals surface area contributed by atoms with E-state index >= 15 is 0 Å². The van der Waals surface area contributed by atoms with Crippen LogP contribution in [0.15, 0.2) is 45.7 Å². The number of piperidine rings is 1. The van der Waals surface area contributed by atoms with Crippen LogP contribution in [0.25, 0.3) is 5.69 Å². The van der Waals surface area contributed by atoms with Gasteiger partial charge in [0.1, 0.15) is 0 Å². The van der Waals surface area contributed by atoms with Gasteiger partial charge in [-0.1, -0.05) is 5.16 Å². The van der Waals surface area contributed by atoms with Crippen molar-refractivity contribution in [1.82, 2.24) is 24.8 Å². The van der Waals surface area contributed by atoms with Gasteiger partial charge in [0.15, 0.2) is 5.82 Å². The van der Waals surface area contributed by atoms with E-state index in [0.29, 0.717) is 30.4 Å². The summed E-state index contributed by atoms with van der Waals surface area (Å²) < 4.78 is 7.94. The van der Waals surface area contributed by atoms with Crippen LogP contribution in [0.2, 0.25) is 0 Å². The largest absolute Gasteiger partial charge is 0.339 e. The molecule has 0 N–H and O–H groups in total. The van der Waals surface area contributed by atoms with Crippen LogP contribution in [0, 0.1) is 6.92 Å². The average Bonchev–Trinajstić information content (AvgIpc) is 3.30. The average molecular weight is 416 g/mol. The fraction of sp³-hybridized carbons (Fsp3) is 0.333. The van der Waals surface area contributed by atoms with E-state index in [1.807, 2.05) is 42.3 Å². The molecular weight excluding hydrogens is 398 g/mol. The van der Waals surface area contributed by atoms with Crippen molar-refractivity contribution in [2.45, 2.75) is 25.7 Å². The number of rotatable bonds is 3. The van der Waals surface area contributed by atoms with Gasteiger partial charge in [0.05, 0.1) is 16.4 Å². The van der Waals surface area contributed by atoms with Crippen molar-refractivity contribution < 1.29 is 9.32 Å². The first kappa shape index (κ1) is 17.0. The Kier molecular flexibility index (Phi) is 4.58. The highest BCUT2D eigenvalue weighted by molar-refractivity contribution is 9.10. The quantitative estimate of drug-likeness (QED) is 0.655. The molecule has 1 amide bonds. The first-order chi connectivity index (χ1) is 12.6. The molecule has 1 saturated heterocycles. The van der Waals surface area contributed by atoms with Gasteiger partial charge in [-0.05, 0) is 60.0 Å². The van der Waals surface area contributed by atoms with Gasteiger partial charge >= 0.3 is 0 Å². The number of halogens is 1. The van der Waals surface area contributed by atoms with Crippen molar-refractivity contribution in [3.63, 3.8) is 0 Å². The Morgan fingerprint density at radius 2 is 1.96 bits per heavy atom. The summed E-state index contributed by atoms with van der Waals surface area (Å²) in [5.74, 6) is 1.63. The summed E-state index contributed by atoms with van der Waals surface area (Å²) in [5.41, 5.74) is 1.60. The lowest BCUT2D eigenvalue weighted by atomic mass is 9.96. The summed E-state index contributed by atoms with van der Waals surface area (Å²) in [7, 11) is 0. The minimum Gasteiger partial charge on any atom is -0.339 e. The minimum absolute atomic E-state index is 0.0540. The maximum Gasteiger partial charge on any atom is 0.253 e. The Morgan fingerprint density at radius 1 is 1.23 bits per heavy atom. The summed E-state index contributed by atoms with van der Waals surface area (Å²) in [6, 6.07) is 7.50. The van der Waals surface area contributed by atoms with Crippen molar-refractivity contribution >= 4 is 21.8 Å². The van der Waals surface area contributed by atoms with E-state index in [1.54, 1.807) is 10.9 Å². The van der Waals surface area contributed by atoms with E-state index in [-0.39, 0.29) is 11.8 Å². The molecule has 0 radical (unpaired) electrons. The number of aryl methyl sites for hydroxylation is 1. The summed E-state index contributed by atoms with van der Waals surface area (Å²) in [6.07, 6.45) is 5.29. The van der Waals surface area contributed by atoms with Crippen molar-refractivity contribution in [1.29, 1.82) is 0 Å². The molecule has 0 aliphatic carbocycles. The molecule has 0 atom stereocenters. The van der Waals surface area contributed by atoms with Crippen LogP contribution in [0.4, 0.5) is 0 Å². The summed E-state index contributed by atoms with van der Waals surface area (Å²) >= 11 is 3.38. The van der Waals surface area contributed by atoms with Crippen molar-refractivity contribution in [3.05, 3.63) is 58.4 Å². The van der Waals surface area contributed by atoms with Gasteiger partial charge in [-0.3, -0.25) is 4.79 Å². The summed E-state index contributed by atoms with van der Waals surface area (Å²) in [4.78, 5) is 18.9. The minimum atomic E-state index is 0.0540. The molecule has 1 fully saturated rings. The lowest BCUT2D eigenvalue weighted by Crippen LogP contribution is -2.38. The Hall–Kier alpha value is -2.48. The van der Waals surface area contributed by atoms with Crippen LogP contribution in [0.3, 0.4) is 0 Å². The van der Waals surface area contributed by atoms with Crippen LogP contribution < -0.4 is 0 Å². The summed E-state index contributed by atoms with van der Waals surface area (Å²) in [5, 5.41) is 8.10. The molecule has 4 rings (SSSR count). The number of amides is 1. The third-order valence-electron chi connectivity index (χ3n) is 4.60. The monoisotopic (exact) mass is 415 g/mol. The molecule has 3 heterocycles. The second-order valence-corrected chi connectivity index (χ2v) is 7.31. The fourth-order valence-electron chi connectivity index (χ4n) is 3.19. The molecule has 134 valence electrons. The summed E-state index contributed by atoms with van der Waals surface area (Å²) in [6.45, 7) is 3.20. The molecule has 0 saturated carbocycles. The number of nitrogens with zero attached hydrogens (tertiary/aromatic N) is 5. The van der Waals surface area contributed by atoms with Crippen LogP contribution in [-0.2, 0) is 0 Å². The Balaban J connectivity index is 1.40. The number of likely N-dealkylation sites (tertiary alicyclic amines) is 1. The van der Waals surface area contributed by atoms with Gasteiger partial charge in [0, 0.05) is 30.8 Å². The zero-order valence-electron chi connectivity index (χ0n) is 14.3. The van der Waals surface area contributed by atoms with Crippen LogP contribution in [-0.4, -0.2) is 43.8 Å². The molecule has 0 bridgehead atoms. The van der Waals surface area contributed by atoms with E-state index in [9.17, 15) is 4.79 Å². The highest BCUT2D eigenvalue weighted by Gasteiger charge is 2.27. The second kappa shape index (κ2) is 7.03. The lowest BCUT2D eigenvalue weighted by Gasteiger charge is -2.30. The maximum absolute atomic E-state index is 12.7. The van der Waals surface area contributed by atoms with E-state index in [1.165, 1.54) is 0 Å². The molecule has 26 heavy (non-hydrogen) atoms. The van der Waals surface area contributed by atoms with Crippen molar-refractivity contribution in [2.24, 2.45) is 0 Å². The number of hydrogen-bond donors (Lipinski definition) is 0. The molecule has 1 aliphatic rings. The van der Waals surface area contributed by atoms with Crippen LogP contribution in [0.1, 0.15) is 40.8 Å². The standard InChI is InChI=1S/C18H18BrN5O2/c1-12-21-17(26-22-12)13-6-8-23(9-7-13)18(25)14-2-4-16(5-3-14)24-11-15(19)10-20-24/h2-5,10-11,13H,6-9H2,1H3. The Labute approximate surface area is 159 Å². The topological polar surface area (TPSA) is 77.0 Å². The zero-order chi connectivity index (χ0) is 18.1. The van der Waals surface area contributed by atoms with Gasteiger partial charge in [-0.15, -0.1) is 0 Å². The number of benzene rings is 1. The number of hydrogen-bond acceptors (Lipinski definition) is 5. The molecule has 0 spiro atoms. The normalized spacial score (nSPS) is 15.4. The SMILES string of the molecule is Cc1noc(C2CCN(C(=O)c3ccc(-n4cc(Br)cn4)cc3)CC2)n1. The number of carbonyl (C=O) groups excluding carboxylic acids is 1. The fourth-order valence-corrected chi connectivity index (χ4v) is 3.48. The van der Waals surface area contributed by atoms with Crippen LogP contribution >= 0.6 is 15.9 Å². The maximum atomic E-state index is 12.7. The van der Waals surface area contributed by atoms with Gasteiger partial charge in [0.2, 0.25) is 5.89 Å². The van der Waals surface area contributed by atoms with Crippen molar-refractivity contribution in [2.75, 3.05) is 13.1 Å². The zero-order valence-corrected chi connectivity index (χ0v) is 15.9. The highest BCUT2D eigenvalue weighted by Crippen LogP contribution is 2.27. The predicted octanol–water partition coefficient (Wildman–Crippen LogP) is 3.35. The first-order valence-corrected chi connectivity index (χ1v) is 9.29. The predicted molar refractivity (Wildman–Crippen MR) is 98.2 cm³/mol. The van der Waals surface area contributed by atoms with E-state index in [2.05, 4.69) is 31.2 Å². The molecular formula is C18H18BrN5O2.